The summed E-state index contributed by atoms with van der Waals surface area (Å²) in [5, 5.41) is 2.02. The Bertz CT molecular complexity index is 577. The molecule has 0 bridgehead atoms. The Labute approximate surface area is 122 Å². The molecule has 4 nitrogen and oxygen atoms in total. The van der Waals surface area contributed by atoms with E-state index in [9.17, 15) is 4.79 Å². The number of likely N-dealkylation sites (tertiary alicyclic amines) is 1. The molecule has 1 atom stereocenters. The third-order valence-electron chi connectivity index (χ3n) is 3.73. The molecule has 5 heteroatoms. The Kier molecular flexibility index (Phi) is 3.98. The van der Waals surface area contributed by atoms with Crippen molar-refractivity contribution < 1.29 is 9.21 Å². The number of carbonyl (C=O) groups excluding carboxylic acids is 1. The van der Waals surface area contributed by atoms with Crippen molar-refractivity contribution in [2.45, 2.75) is 26.3 Å². The first-order valence-corrected chi connectivity index (χ1v) is 7.82. The number of hydrogen-bond donors (Lipinski definition) is 0. The summed E-state index contributed by atoms with van der Waals surface area (Å²) in [5.41, 5.74) is 0.986. The van der Waals surface area contributed by atoms with Gasteiger partial charge in [-0.3, -0.25) is 4.90 Å². The third kappa shape index (κ3) is 2.83. The monoisotopic (exact) mass is 290 g/mol. The van der Waals surface area contributed by atoms with Crippen LogP contribution in [0.3, 0.4) is 0 Å². The molecule has 20 heavy (non-hydrogen) atoms. The Morgan fingerprint density at radius 2 is 2.50 bits per heavy atom. The van der Waals surface area contributed by atoms with Gasteiger partial charge in [0.05, 0.1) is 10.6 Å². The van der Waals surface area contributed by atoms with Crippen molar-refractivity contribution in [3.8, 4) is 10.8 Å². The average molecular weight is 290 g/mol. The summed E-state index contributed by atoms with van der Waals surface area (Å²) >= 11 is 1.63. The second-order valence-electron chi connectivity index (χ2n) is 5.27. The molecule has 1 unspecified atom stereocenters. The van der Waals surface area contributed by atoms with E-state index in [1.165, 1.54) is 0 Å². The number of oxazole rings is 1. The molecule has 2 aromatic rings. The standard InChI is InChI=1S/C15H18N2O2S/c1-11-13(9-17-6-2-4-12(8-17)10-18)16-15(19-11)14-5-3-7-20-14/h3,5,7,10,12H,2,4,6,8-9H2,1H3. The van der Waals surface area contributed by atoms with Crippen LogP contribution in [0.25, 0.3) is 10.8 Å². The van der Waals surface area contributed by atoms with Crippen molar-refractivity contribution in [2.24, 2.45) is 5.92 Å². The molecule has 0 spiro atoms. The topological polar surface area (TPSA) is 46.3 Å². The highest BCUT2D eigenvalue weighted by Crippen LogP contribution is 2.27. The number of aromatic nitrogens is 1. The van der Waals surface area contributed by atoms with Crippen molar-refractivity contribution >= 4 is 17.6 Å². The predicted molar refractivity (Wildman–Crippen MR) is 78.6 cm³/mol. The Hall–Kier alpha value is -1.46. The van der Waals surface area contributed by atoms with Gasteiger partial charge >= 0.3 is 0 Å². The zero-order chi connectivity index (χ0) is 13.9. The average Bonchev–Trinajstić information content (AvgIpc) is 3.10. The van der Waals surface area contributed by atoms with Crippen LogP contribution >= 0.6 is 11.3 Å². The first kappa shape index (κ1) is 13.5. The molecule has 0 amide bonds. The van der Waals surface area contributed by atoms with Crippen LogP contribution in [0, 0.1) is 12.8 Å². The van der Waals surface area contributed by atoms with Crippen LogP contribution in [0.5, 0.6) is 0 Å². The molecule has 3 rings (SSSR count). The highest BCUT2D eigenvalue weighted by molar-refractivity contribution is 7.13. The van der Waals surface area contributed by atoms with Gasteiger partial charge in [-0.2, -0.15) is 0 Å². The Morgan fingerprint density at radius 1 is 1.60 bits per heavy atom. The summed E-state index contributed by atoms with van der Waals surface area (Å²) in [6, 6.07) is 4.02. The number of nitrogens with zero attached hydrogens (tertiary/aromatic N) is 2. The van der Waals surface area contributed by atoms with E-state index in [0.29, 0.717) is 5.89 Å². The van der Waals surface area contributed by atoms with Gasteiger partial charge in [0, 0.05) is 19.0 Å². The highest BCUT2D eigenvalue weighted by atomic mass is 32.1. The van der Waals surface area contributed by atoms with Crippen LogP contribution in [0.4, 0.5) is 0 Å². The van der Waals surface area contributed by atoms with E-state index in [-0.39, 0.29) is 5.92 Å². The SMILES string of the molecule is Cc1oc(-c2cccs2)nc1CN1CCCC(C=O)C1. The van der Waals surface area contributed by atoms with Crippen LogP contribution in [-0.2, 0) is 11.3 Å². The van der Waals surface area contributed by atoms with Crippen LogP contribution in [0.1, 0.15) is 24.3 Å². The lowest BCUT2D eigenvalue weighted by atomic mass is 9.99. The van der Waals surface area contributed by atoms with E-state index in [0.717, 1.165) is 55.1 Å². The summed E-state index contributed by atoms with van der Waals surface area (Å²) in [6.45, 7) is 4.60. The van der Waals surface area contributed by atoms with Gasteiger partial charge < -0.3 is 9.21 Å². The van der Waals surface area contributed by atoms with Crippen LogP contribution in [0.2, 0.25) is 0 Å². The minimum absolute atomic E-state index is 0.174. The fraction of sp³-hybridized carbons (Fsp3) is 0.467. The first-order valence-electron chi connectivity index (χ1n) is 6.94. The predicted octanol–water partition coefficient (Wildman–Crippen LogP) is 3.12. The maximum absolute atomic E-state index is 10.9. The van der Waals surface area contributed by atoms with E-state index in [1.54, 1.807) is 11.3 Å². The Balaban J connectivity index is 1.73. The summed E-state index contributed by atoms with van der Waals surface area (Å²) in [6.07, 6.45) is 3.18. The van der Waals surface area contributed by atoms with Crippen molar-refractivity contribution in [3.05, 3.63) is 29.0 Å². The van der Waals surface area contributed by atoms with Crippen molar-refractivity contribution in [2.75, 3.05) is 13.1 Å². The van der Waals surface area contributed by atoms with Crippen molar-refractivity contribution in [1.82, 2.24) is 9.88 Å². The molecule has 0 N–H and O–H groups in total. The molecule has 0 radical (unpaired) electrons. The zero-order valence-electron chi connectivity index (χ0n) is 11.5. The molecular formula is C15H18N2O2S. The maximum atomic E-state index is 10.9. The lowest BCUT2D eigenvalue weighted by Gasteiger charge is -2.29. The zero-order valence-corrected chi connectivity index (χ0v) is 12.4. The number of piperidine rings is 1. The maximum Gasteiger partial charge on any atom is 0.236 e. The molecule has 1 aliphatic rings. The molecule has 2 aromatic heterocycles. The number of hydrogen-bond acceptors (Lipinski definition) is 5. The Morgan fingerprint density at radius 3 is 3.25 bits per heavy atom. The van der Waals surface area contributed by atoms with Crippen molar-refractivity contribution in [1.29, 1.82) is 0 Å². The quantitative estimate of drug-likeness (QED) is 0.812. The molecule has 0 aromatic carbocycles. The van der Waals surface area contributed by atoms with E-state index >= 15 is 0 Å². The number of aryl methyl sites for hydroxylation is 1. The smallest absolute Gasteiger partial charge is 0.236 e. The lowest BCUT2D eigenvalue weighted by molar-refractivity contribution is -0.112. The van der Waals surface area contributed by atoms with Gasteiger partial charge in [-0.15, -0.1) is 11.3 Å². The first-order chi connectivity index (χ1) is 9.76. The fourth-order valence-electron chi connectivity index (χ4n) is 2.64. The molecule has 0 saturated carbocycles. The van der Waals surface area contributed by atoms with Crippen LogP contribution in [0.15, 0.2) is 21.9 Å². The van der Waals surface area contributed by atoms with Gasteiger partial charge in [-0.25, -0.2) is 4.98 Å². The van der Waals surface area contributed by atoms with Gasteiger partial charge in [0.1, 0.15) is 12.0 Å². The summed E-state index contributed by atoms with van der Waals surface area (Å²) in [4.78, 5) is 18.9. The molecule has 0 aliphatic carbocycles. The van der Waals surface area contributed by atoms with Gasteiger partial charge in [-0.1, -0.05) is 6.07 Å². The summed E-state index contributed by atoms with van der Waals surface area (Å²) in [7, 11) is 0. The lowest BCUT2D eigenvalue weighted by Crippen LogP contribution is -2.35. The van der Waals surface area contributed by atoms with Crippen LogP contribution in [-0.4, -0.2) is 29.3 Å². The van der Waals surface area contributed by atoms with Crippen LogP contribution < -0.4 is 0 Å². The molecule has 106 valence electrons. The largest absolute Gasteiger partial charge is 0.440 e. The molecule has 1 aliphatic heterocycles. The number of rotatable bonds is 4. The van der Waals surface area contributed by atoms with Gasteiger partial charge in [-0.05, 0) is 37.8 Å². The number of thiophene rings is 1. The minimum atomic E-state index is 0.174. The van der Waals surface area contributed by atoms with E-state index in [2.05, 4.69) is 9.88 Å². The number of aldehydes is 1. The molecule has 1 saturated heterocycles. The summed E-state index contributed by atoms with van der Waals surface area (Å²) < 4.78 is 5.76. The summed E-state index contributed by atoms with van der Waals surface area (Å²) in [5.74, 6) is 1.76. The van der Waals surface area contributed by atoms with Gasteiger partial charge in [0.25, 0.3) is 0 Å². The molecular weight excluding hydrogens is 272 g/mol. The van der Waals surface area contributed by atoms with E-state index < -0.39 is 0 Å². The number of carbonyl (C=O) groups is 1. The molecule has 1 fully saturated rings. The normalized spacial score (nSPS) is 20.1. The fourth-order valence-corrected chi connectivity index (χ4v) is 3.29. The van der Waals surface area contributed by atoms with Gasteiger partial charge in [0.2, 0.25) is 5.89 Å². The second kappa shape index (κ2) is 5.89. The third-order valence-corrected chi connectivity index (χ3v) is 4.59. The molecule has 3 heterocycles. The van der Waals surface area contributed by atoms with E-state index in [4.69, 9.17) is 4.42 Å². The second-order valence-corrected chi connectivity index (χ2v) is 6.22. The van der Waals surface area contributed by atoms with Gasteiger partial charge in [0.15, 0.2) is 0 Å². The highest BCUT2D eigenvalue weighted by Gasteiger charge is 2.21. The minimum Gasteiger partial charge on any atom is -0.440 e. The van der Waals surface area contributed by atoms with Crippen molar-refractivity contribution in [3.63, 3.8) is 0 Å². The van der Waals surface area contributed by atoms with E-state index in [1.807, 2.05) is 24.4 Å².